The van der Waals surface area contributed by atoms with Crippen molar-refractivity contribution >= 4 is 29.1 Å². The van der Waals surface area contributed by atoms with Crippen LogP contribution in [-0.4, -0.2) is 29.9 Å². The third kappa shape index (κ3) is 4.79. The van der Waals surface area contributed by atoms with E-state index in [1.54, 1.807) is 31.5 Å². The Balaban J connectivity index is 1.81. The highest BCUT2D eigenvalue weighted by atomic mass is 16.6. The van der Waals surface area contributed by atoms with Crippen molar-refractivity contribution in [1.29, 1.82) is 0 Å². The summed E-state index contributed by atoms with van der Waals surface area (Å²) in [7, 11) is 2.93. The van der Waals surface area contributed by atoms with Crippen molar-refractivity contribution in [2.75, 3.05) is 19.5 Å². The molecule has 0 aliphatic rings. The molecule has 8 heteroatoms. The molecule has 0 unspecified atom stereocenters. The highest BCUT2D eigenvalue weighted by Gasteiger charge is 2.17. The van der Waals surface area contributed by atoms with Gasteiger partial charge in [-0.1, -0.05) is 0 Å². The summed E-state index contributed by atoms with van der Waals surface area (Å²) >= 11 is 0. The van der Waals surface area contributed by atoms with Gasteiger partial charge >= 0.3 is 5.69 Å². The molecule has 3 aromatic rings. The molecule has 0 spiro atoms. The van der Waals surface area contributed by atoms with E-state index >= 15 is 0 Å². The predicted molar refractivity (Wildman–Crippen MR) is 114 cm³/mol. The van der Waals surface area contributed by atoms with Gasteiger partial charge in [-0.2, -0.15) is 0 Å². The standard InChI is InChI=1S/C22H19N3O5/c1-29-18-9-7-17(8-10-18)24-22-15(4-3-13-23-22)5-11-20(26)16-6-12-21(30-2)19(14-16)25(27)28/h3-14H,1-2H3,(H,23,24)/b11-5+. The number of hydrogen-bond acceptors (Lipinski definition) is 7. The molecule has 152 valence electrons. The lowest BCUT2D eigenvalue weighted by atomic mass is 10.1. The molecule has 0 bridgehead atoms. The molecule has 8 nitrogen and oxygen atoms in total. The quantitative estimate of drug-likeness (QED) is 0.252. The lowest BCUT2D eigenvalue weighted by Gasteiger charge is -2.09. The van der Waals surface area contributed by atoms with Crippen LogP contribution in [0.4, 0.5) is 17.2 Å². The zero-order chi connectivity index (χ0) is 21.5. The van der Waals surface area contributed by atoms with Crippen molar-refractivity contribution in [3.8, 4) is 11.5 Å². The molecular weight excluding hydrogens is 386 g/mol. The highest BCUT2D eigenvalue weighted by molar-refractivity contribution is 6.07. The summed E-state index contributed by atoms with van der Waals surface area (Å²) < 4.78 is 10.1. The van der Waals surface area contributed by atoms with Crippen LogP contribution in [0.5, 0.6) is 11.5 Å². The Morgan fingerprint density at radius 2 is 1.87 bits per heavy atom. The minimum Gasteiger partial charge on any atom is -0.497 e. The maximum absolute atomic E-state index is 12.5. The number of allylic oxidation sites excluding steroid dienone is 1. The van der Waals surface area contributed by atoms with Gasteiger partial charge < -0.3 is 14.8 Å². The molecule has 0 fully saturated rings. The number of carbonyl (C=O) groups excluding carboxylic acids is 1. The van der Waals surface area contributed by atoms with Gasteiger partial charge in [-0.15, -0.1) is 0 Å². The molecule has 1 aromatic heterocycles. The number of nitro groups is 1. The van der Waals surface area contributed by atoms with Gasteiger partial charge in [0.1, 0.15) is 11.6 Å². The second-order valence-electron chi connectivity index (χ2n) is 6.14. The topological polar surface area (TPSA) is 104 Å². The molecule has 1 heterocycles. The lowest BCUT2D eigenvalue weighted by molar-refractivity contribution is -0.385. The monoisotopic (exact) mass is 405 g/mol. The van der Waals surface area contributed by atoms with Crippen molar-refractivity contribution in [2.45, 2.75) is 0 Å². The molecule has 0 atom stereocenters. The van der Waals surface area contributed by atoms with Crippen LogP contribution in [0.1, 0.15) is 15.9 Å². The van der Waals surface area contributed by atoms with E-state index < -0.39 is 4.92 Å². The molecule has 30 heavy (non-hydrogen) atoms. The number of hydrogen-bond donors (Lipinski definition) is 1. The molecule has 0 aliphatic heterocycles. The number of nitro benzene ring substituents is 1. The average Bonchev–Trinajstić information content (AvgIpc) is 2.78. The number of rotatable bonds is 8. The van der Waals surface area contributed by atoms with Crippen LogP contribution in [0.25, 0.3) is 6.08 Å². The van der Waals surface area contributed by atoms with Gasteiger partial charge in [0.2, 0.25) is 0 Å². The number of pyridine rings is 1. The van der Waals surface area contributed by atoms with Crippen LogP contribution in [0.2, 0.25) is 0 Å². The average molecular weight is 405 g/mol. The minimum absolute atomic E-state index is 0.0961. The van der Waals surface area contributed by atoms with Gasteiger partial charge in [-0.05, 0) is 60.7 Å². The number of benzene rings is 2. The first-order valence-electron chi connectivity index (χ1n) is 8.92. The van der Waals surface area contributed by atoms with E-state index in [0.717, 1.165) is 11.4 Å². The summed E-state index contributed by atoms with van der Waals surface area (Å²) in [4.78, 5) is 27.4. The molecule has 0 saturated carbocycles. The molecule has 0 radical (unpaired) electrons. The fourth-order valence-electron chi connectivity index (χ4n) is 2.72. The van der Waals surface area contributed by atoms with Crippen LogP contribution in [0, 0.1) is 10.1 Å². The lowest BCUT2D eigenvalue weighted by Crippen LogP contribution is -2.00. The zero-order valence-corrected chi connectivity index (χ0v) is 16.4. The smallest absolute Gasteiger partial charge is 0.311 e. The van der Waals surface area contributed by atoms with Crippen LogP contribution in [-0.2, 0) is 0 Å². The third-order valence-electron chi connectivity index (χ3n) is 4.27. The second-order valence-corrected chi connectivity index (χ2v) is 6.14. The minimum atomic E-state index is -0.586. The van der Waals surface area contributed by atoms with Crippen molar-refractivity contribution < 1.29 is 19.2 Å². The van der Waals surface area contributed by atoms with Crippen molar-refractivity contribution in [2.24, 2.45) is 0 Å². The molecule has 0 saturated heterocycles. The van der Waals surface area contributed by atoms with E-state index in [4.69, 9.17) is 9.47 Å². The largest absolute Gasteiger partial charge is 0.497 e. The van der Waals surface area contributed by atoms with Gasteiger partial charge in [0.05, 0.1) is 19.1 Å². The fraction of sp³-hybridized carbons (Fsp3) is 0.0909. The summed E-state index contributed by atoms with van der Waals surface area (Å²) in [6.07, 6.45) is 4.59. The van der Waals surface area contributed by atoms with E-state index in [-0.39, 0.29) is 22.8 Å². The summed E-state index contributed by atoms with van der Waals surface area (Å²) in [5, 5.41) is 14.4. The van der Waals surface area contributed by atoms with Crippen LogP contribution in [0.3, 0.4) is 0 Å². The number of ether oxygens (including phenoxy) is 2. The van der Waals surface area contributed by atoms with Crippen molar-refractivity contribution in [3.05, 3.63) is 88.1 Å². The van der Waals surface area contributed by atoms with Gasteiger partial charge in [-0.25, -0.2) is 4.98 Å². The number of anilines is 2. The summed E-state index contributed by atoms with van der Waals surface area (Å²) in [6.45, 7) is 0. The van der Waals surface area contributed by atoms with E-state index in [9.17, 15) is 14.9 Å². The van der Waals surface area contributed by atoms with Crippen molar-refractivity contribution in [1.82, 2.24) is 4.98 Å². The Kier molecular flexibility index (Phi) is 6.39. The number of carbonyl (C=O) groups is 1. The Morgan fingerprint density at radius 3 is 2.53 bits per heavy atom. The second kappa shape index (κ2) is 9.33. The van der Waals surface area contributed by atoms with Crippen LogP contribution >= 0.6 is 0 Å². The zero-order valence-electron chi connectivity index (χ0n) is 16.4. The van der Waals surface area contributed by atoms with Crippen molar-refractivity contribution in [3.63, 3.8) is 0 Å². The summed E-state index contributed by atoms with van der Waals surface area (Å²) in [5.74, 6) is 1.02. The maximum atomic E-state index is 12.5. The maximum Gasteiger partial charge on any atom is 0.311 e. The Morgan fingerprint density at radius 1 is 1.10 bits per heavy atom. The first kappa shape index (κ1) is 20.5. The number of aromatic nitrogens is 1. The van der Waals surface area contributed by atoms with Crippen LogP contribution in [0.15, 0.2) is 66.9 Å². The third-order valence-corrected chi connectivity index (χ3v) is 4.27. The van der Waals surface area contributed by atoms with E-state index in [1.165, 1.54) is 31.4 Å². The molecule has 3 rings (SSSR count). The number of nitrogens with zero attached hydrogens (tertiary/aromatic N) is 2. The fourth-order valence-corrected chi connectivity index (χ4v) is 2.72. The molecule has 2 aromatic carbocycles. The van der Waals surface area contributed by atoms with Gasteiger partial charge in [0.25, 0.3) is 0 Å². The Bertz CT molecular complexity index is 1090. The summed E-state index contributed by atoms with van der Waals surface area (Å²) in [5.41, 5.74) is 1.42. The number of ketones is 1. The first-order chi connectivity index (χ1) is 14.5. The Labute approximate surface area is 172 Å². The summed E-state index contributed by atoms with van der Waals surface area (Å²) in [6, 6.07) is 15.0. The SMILES string of the molecule is COc1ccc(Nc2ncccc2/C=C/C(=O)c2ccc(OC)c([N+](=O)[O-])c2)cc1. The van der Waals surface area contributed by atoms with Gasteiger partial charge in [-0.3, -0.25) is 14.9 Å². The van der Waals surface area contributed by atoms with E-state index in [2.05, 4.69) is 10.3 Å². The molecular formula is C22H19N3O5. The number of methoxy groups -OCH3 is 2. The highest BCUT2D eigenvalue weighted by Crippen LogP contribution is 2.28. The Hall–Kier alpha value is -4.20. The normalized spacial score (nSPS) is 10.6. The molecule has 0 aliphatic carbocycles. The number of nitrogens with one attached hydrogen (secondary N) is 1. The van der Waals surface area contributed by atoms with E-state index in [1.807, 2.05) is 24.3 Å². The van der Waals surface area contributed by atoms with Crippen LogP contribution < -0.4 is 14.8 Å². The van der Waals surface area contributed by atoms with Gasteiger partial charge in [0, 0.05) is 29.1 Å². The predicted octanol–water partition coefficient (Wildman–Crippen LogP) is 4.65. The van der Waals surface area contributed by atoms with Gasteiger partial charge in [0.15, 0.2) is 11.5 Å². The molecule has 0 amide bonds. The first-order valence-corrected chi connectivity index (χ1v) is 8.92. The van der Waals surface area contributed by atoms with E-state index in [0.29, 0.717) is 11.4 Å². The molecule has 1 N–H and O–H groups in total.